The molecule has 0 saturated heterocycles. The first-order chi connectivity index (χ1) is 15.1. The van der Waals surface area contributed by atoms with E-state index in [4.69, 9.17) is 0 Å². The molecule has 2 heteroatoms. The first-order valence-corrected chi connectivity index (χ1v) is 12.6. The highest BCUT2D eigenvalue weighted by Crippen LogP contribution is 2.47. The van der Waals surface area contributed by atoms with Gasteiger partial charge in [-0.15, -0.1) is 0 Å². The molecule has 0 fully saturated rings. The zero-order valence-electron chi connectivity index (χ0n) is 18.0. The zero-order chi connectivity index (χ0) is 21.7. The van der Waals surface area contributed by atoms with Crippen molar-refractivity contribution >= 4 is 31.9 Å². The molecular weight excluding hydrogens is 508 g/mol. The Bertz CT molecular complexity index is 1040. The van der Waals surface area contributed by atoms with Crippen molar-refractivity contribution in [2.24, 2.45) is 0 Å². The summed E-state index contributed by atoms with van der Waals surface area (Å²) in [7, 11) is 0. The Morgan fingerprint density at radius 3 is 2.00 bits per heavy atom. The highest BCUT2D eigenvalue weighted by atomic mass is 79.9. The van der Waals surface area contributed by atoms with Gasteiger partial charge in [0.2, 0.25) is 0 Å². The van der Waals surface area contributed by atoms with Gasteiger partial charge in [-0.05, 0) is 87.2 Å². The van der Waals surface area contributed by atoms with Gasteiger partial charge in [0, 0.05) is 14.4 Å². The molecule has 0 aliphatic heterocycles. The van der Waals surface area contributed by atoms with Crippen molar-refractivity contribution in [3.8, 4) is 0 Å². The largest absolute Gasteiger partial charge is 0.0802 e. The second-order valence-corrected chi connectivity index (χ2v) is 9.99. The molecule has 1 aliphatic carbocycles. The first kappa shape index (κ1) is 22.3. The van der Waals surface area contributed by atoms with Crippen molar-refractivity contribution in [1.82, 2.24) is 0 Å². The average Bonchev–Trinajstić information content (AvgIpc) is 3.22. The van der Waals surface area contributed by atoms with Gasteiger partial charge in [-0.25, -0.2) is 0 Å². The molecule has 0 N–H and O–H groups in total. The van der Waals surface area contributed by atoms with Gasteiger partial charge in [-0.3, -0.25) is 0 Å². The van der Waals surface area contributed by atoms with Crippen LogP contribution in [0, 0.1) is 0 Å². The van der Waals surface area contributed by atoms with E-state index in [2.05, 4.69) is 130 Å². The number of allylic oxidation sites excluding steroid dienone is 4. The average molecular weight is 536 g/mol. The molecule has 0 heterocycles. The third-order valence-corrected chi connectivity index (χ3v) is 8.56. The number of rotatable bonds is 8. The van der Waals surface area contributed by atoms with Gasteiger partial charge in [-0.2, -0.15) is 0 Å². The molecule has 3 aromatic rings. The molecule has 31 heavy (non-hydrogen) atoms. The van der Waals surface area contributed by atoms with Crippen molar-refractivity contribution in [2.75, 3.05) is 0 Å². The van der Waals surface area contributed by atoms with Gasteiger partial charge in [0.1, 0.15) is 0 Å². The maximum Gasteiger partial charge on any atom is 0.0462 e. The fraction of sp³-hybridized carbons (Fsp3) is 0.241. The lowest BCUT2D eigenvalue weighted by Gasteiger charge is -2.37. The van der Waals surface area contributed by atoms with E-state index in [0.717, 1.165) is 21.8 Å². The lowest BCUT2D eigenvalue weighted by molar-refractivity contribution is 0.514. The van der Waals surface area contributed by atoms with E-state index >= 15 is 0 Å². The maximum absolute atomic E-state index is 3.92. The minimum absolute atomic E-state index is 0.206. The van der Waals surface area contributed by atoms with Gasteiger partial charge in [0.25, 0.3) is 0 Å². The molecule has 0 radical (unpaired) electrons. The molecule has 4 rings (SSSR count). The summed E-state index contributed by atoms with van der Waals surface area (Å²) in [5, 5.41) is 0. The maximum atomic E-state index is 3.92. The van der Waals surface area contributed by atoms with Crippen LogP contribution in [-0.2, 0) is 5.41 Å². The van der Waals surface area contributed by atoms with Crippen molar-refractivity contribution < 1.29 is 0 Å². The predicted molar refractivity (Wildman–Crippen MR) is 140 cm³/mol. The Kier molecular flexibility index (Phi) is 7.30. The molecule has 0 spiro atoms. The first-order valence-electron chi connectivity index (χ1n) is 11.0. The minimum atomic E-state index is -0.206. The van der Waals surface area contributed by atoms with Crippen molar-refractivity contribution in [3.63, 3.8) is 0 Å². The van der Waals surface area contributed by atoms with Gasteiger partial charge < -0.3 is 0 Å². The quantitative estimate of drug-likeness (QED) is 0.199. The van der Waals surface area contributed by atoms with E-state index in [-0.39, 0.29) is 5.41 Å². The molecule has 0 bridgehead atoms. The van der Waals surface area contributed by atoms with Crippen molar-refractivity contribution in [3.05, 3.63) is 128 Å². The normalized spacial score (nSPS) is 13.8. The van der Waals surface area contributed by atoms with E-state index in [0.29, 0.717) is 0 Å². The fourth-order valence-electron chi connectivity index (χ4n) is 4.86. The second-order valence-electron chi connectivity index (χ2n) is 8.34. The van der Waals surface area contributed by atoms with Crippen LogP contribution in [0.2, 0.25) is 0 Å². The van der Waals surface area contributed by atoms with Crippen molar-refractivity contribution in [2.45, 2.75) is 44.4 Å². The van der Waals surface area contributed by atoms with Crippen LogP contribution in [0.1, 0.15) is 55.7 Å². The van der Waals surface area contributed by atoms with Crippen LogP contribution >= 0.6 is 31.9 Å². The molecular formula is C29H28Br2. The van der Waals surface area contributed by atoms with Gasteiger partial charge in [0.05, 0.1) is 0 Å². The minimum Gasteiger partial charge on any atom is -0.0802 e. The predicted octanol–water partition coefficient (Wildman–Crippen LogP) is 9.38. The molecule has 0 aromatic heterocycles. The Morgan fingerprint density at radius 2 is 1.42 bits per heavy atom. The summed E-state index contributed by atoms with van der Waals surface area (Å²) in [4.78, 5) is 0. The summed E-state index contributed by atoms with van der Waals surface area (Å²) in [6.45, 7) is 2.25. The number of halogens is 2. The second kappa shape index (κ2) is 10.1. The number of hydrogen-bond acceptors (Lipinski definition) is 0. The standard InChI is InChI=1S/C29H28Br2/c1-22-12-10-14-23(22)13-8-9-21-29(24-15-4-2-5-16-24,25-17-6-3-7-18-25)26-19-11-20-27(30)28(26)31/h2-7,10-12,15-20H,8-9,13-14,21H2,1H3. The van der Waals surface area contributed by atoms with Gasteiger partial charge in [-0.1, -0.05) is 103 Å². The van der Waals surface area contributed by atoms with E-state index in [1.807, 2.05) is 0 Å². The van der Waals surface area contributed by atoms with Gasteiger partial charge in [0.15, 0.2) is 0 Å². The van der Waals surface area contributed by atoms with E-state index in [1.165, 1.54) is 41.5 Å². The molecule has 3 aromatic carbocycles. The SMILES string of the molecule is CC1=C(CCCCC(c2ccccc2)(c2ccccc2)c2cccc(Br)c2Br)CC=C1. The molecule has 1 aliphatic rings. The Hall–Kier alpha value is -1.90. The fourth-order valence-corrected chi connectivity index (χ4v) is 5.83. The topological polar surface area (TPSA) is 0 Å². The summed E-state index contributed by atoms with van der Waals surface area (Å²) in [5.74, 6) is 0. The van der Waals surface area contributed by atoms with Crippen LogP contribution in [0.15, 0.2) is 111 Å². The highest BCUT2D eigenvalue weighted by Gasteiger charge is 2.37. The molecule has 0 atom stereocenters. The highest BCUT2D eigenvalue weighted by molar-refractivity contribution is 9.13. The van der Waals surface area contributed by atoms with Crippen LogP contribution in [-0.4, -0.2) is 0 Å². The van der Waals surface area contributed by atoms with Gasteiger partial charge >= 0.3 is 0 Å². The number of hydrogen-bond donors (Lipinski definition) is 0. The summed E-state index contributed by atoms with van der Waals surface area (Å²) in [5.41, 5.74) is 6.87. The van der Waals surface area contributed by atoms with E-state index in [1.54, 1.807) is 5.57 Å². The molecule has 0 amide bonds. The zero-order valence-corrected chi connectivity index (χ0v) is 21.1. The Labute approximate surface area is 203 Å². The Morgan fingerprint density at radius 1 is 0.774 bits per heavy atom. The van der Waals surface area contributed by atoms with Crippen LogP contribution in [0.3, 0.4) is 0 Å². The van der Waals surface area contributed by atoms with E-state index in [9.17, 15) is 0 Å². The van der Waals surface area contributed by atoms with Crippen LogP contribution in [0.5, 0.6) is 0 Å². The van der Waals surface area contributed by atoms with Crippen LogP contribution in [0.25, 0.3) is 0 Å². The smallest absolute Gasteiger partial charge is 0.0462 e. The van der Waals surface area contributed by atoms with Crippen LogP contribution < -0.4 is 0 Å². The molecule has 0 nitrogen and oxygen atoms in total. The summed E-state index contributed by atoms with van der Waals surface area (Å²) < 4.78 is 2.24. The molecule has 158 valence electrons. The summed E-state index contributed by atoms with van der Waals surface area (Å²) >= 11 is 7.68. The van der Waals surface area contributed by atoms with Crippen LogP contribution in [0.4, 0.5) is 0 Å². The molecule has 0 saturated carbocycles. The molecule has 0 unspecified atom stereocenters. The number of unbranched alkanes of at least 4 members (excludes halogenated alkanes) is 1. The van der Waals surface area contributed by atoms with Crippen molar-refractivity contribution in [1.29, 1.82) is 0 Å². The van der Waals surface area contributed by atoms with E-state index < -0.39 is 0 Å². The third-order valence-electron chi connectivity index (χ3n) is 6.51. The Balaban J connectivity index is 1.76. The monoisotopic (exact) mass is 534 g/mol. The number of benzene rings is 3. The lowest BCUT2D eigenvalue weighted by atomic mass is 9.66. The third kappa shape index (κ3) is 4.66. The summed E-state index contributed by atoms with van der Waals surface area (Å²) in [6.07, 6.45) is 10.3. The summed E-state index contributed by atoms with van der Waals surface area (Å²) in [6, 6.07) is 28.6. The lowest BCUT2D eigenvalue weighted by Crippen LogP contribution is -2.30.